The molecular weight excluding hydrogens is 480 g/mol. The van der Waals surface area contributed by atoms with Crippen LogP contribution in [-0.4, -0.2) is 79.8 Å². The van der Waals surface area contributed by atoms with Crippen LogP contribution in [-0.2, 0) is 26.0 Å². The zero-order valence-electron chi connectivity index (χ0n) is 22.5. The van der Waals surface area contributed by atoms with Crippen molar-refractivity contribution in [3.8, 4) is 0 Å². The van der Waals surface area contributed by atoms with Crippen LogP contribution < -0.4 is 16.0 Å². The Morgan fingerprint density at radius 1 is 1.14 bits per heavy atom. The van der Waals surface area contributed by atoms with Crippen molar-refractivity contribution in [3.63, 3.8) is 0 Å². The first-order valence-electron chi connectivity index (χ1n) is 12.7. The SMILES string of the molecule is CC(C)CN(CC(O)C(Cc1ccccc1)NC(=O)C(NC(=O)C1CCCN1)C(C)(C)C)S(C)(=O)=O. The summed E-state index contributed by atoms with van der Waals surface area (Å²) in [5, 5.41) is 20.2. The van der Waals surface area contributed by atoms with Crippen molar-refractivity contribution in [2.75, 3.05) is 25.9 Å². The molecule has 1 aliphatic heterocycles. The maximum atomic E-state index is 13.5. The number of hydrogen-bond acceptors (Lipinski definition) is 6. The van der Waals surface area contributed by atoms with Crippen molar-refractivity contribution in [1.82, 2.24) is 20.3 Å². The highest BCUT2D eigenvalue weighted by molar-refractivity contribution is 7.88. The Balaban J connectivity index is 2.26. The van der Waals surface area contributed by atoms with Crippen molar-refractivity contribution in [2.45, 2.75) is 78.1 Å². The summed E-state index contributed by atoms with van der Waals surface area (Å²) in [5.41, 5.74) is 0.305. The molecular formula is C26H44N4O5S. The summed E-state index contributed by atoms with van der Waals surface area (Å²) in [6, 6.07) is 7.48. The van der Waals surface area contributed by atoms with Gasteiger partial charge in [-0.2, -0.15) is 4.31 Å². The third kappa shape index (κ3) is 9.46. The highest BCUT2D eigenvalue weighted by Crippen LogP contribution is 2.21. The van der Waals surface area contributed by atoms with Gasteiger partial charge in [0.1, 0.15) is 6.04 Å². The van der Waals surface area contributed by atoms with Crippen LogP contribution in [0.25, 0.3) is 0 Å². The van der Waals surface area contributed by atoms with Gasteiger partial charge >= 0.3 is 0 Å². The number of benzene rings is 1. The molecule has 2 rings (SSSR count). The van der Waals surface area contributed by atoms with E-state index in [2.05, 4.69) is 16.0 Å². The largest absolute Gasteiger partial charge is 0.390 e. The minimum Gasteiger partial charge on any atom is -0.390 e. The van der Waals surface area contributed by atoms with E-state index in [0.717, 1.165) is 31.2 Å². The summed E-state index contributed by atoms with van der Waals surface area (Å²) < 4.78 is 26.0. The summed E-state index contributed by atoms with van der Waals surface area (Å²) in [4.78, 5) is 26.3. The maximum Gasteiger partial charge on any atom is 0.243 e. The number of nitrogens with zero attached hydrogens (tertiary/aromatic N) is 1. The van der Waals surface area contributed by atoms with E-state index in [-0.39, 0.29) is 31.0 Å². The van der Waals surface area contributed by atoms with Crippen LogP contribution in [0.1, 0.15) is 53.0 Å². The lowest BCUT2D eigenvalue weighted by Gasteiger charge is -2.34. The van der Waals surface area contributed by atoms with E-state index in [0.29, 0.717) is 6.42 Å². The molecule has 0 aromatic heterocycles. The number of hydrogen-bond donors (Lipinski definition) is 4. The fourth-order valence-electron chi connectivity index (χ4n) is 4.33. The van der Waals surface area contributed by atoms with Gasteiger partial charge in [-0.15, -0.1) is 0 Å². The molecule has 4 atom stereocenters. The topological polar surface area (TPSA) is 128 Å². The van der Waals surface area contributed by atoms with E-state index in [1.165, 1.54) is 4.31 Å². The van der Waals surface area contributed by atoms with Gasteiger partial charge in [0.25, 0.3) is 0 Å². The Kier molecular flexibility index (Phi) is 10.9. The van der Waals surface area contributed by atoms with E-state index in [1.54, 1.807) is 0 Å². The van der Waals surface area contributed by atoms with Gasteiger partial charge in [-0.25, -0.2) is 8.42 Å². The molecule has 1 aromatic rings. The lowest BCUT2D eigenvalue weighted by Crippen LogP contribution is -2.60. The van der Waals surface area contributed by atoms with Crippen molar-refractivity contribution >= 4 is 21.8 Å². The van der Waals surface area contributed by atoms with Gasteiger partial charge in [0, 0.05) is 13.1 Å². The molecule has 1 aliphatic rings. The van der Waals surface area contributed by atoms with E-state index in [9.17, 15) is 23.1 Å². The lowest BCUT2D eigenvalue weighted by molar-refractivity contribution is -0.133. The molecule has 0 radical (unpaired) electrons. The first kappa shape index (κ1) is 30.2. The summed E-state index contributed by atoms with van der Waals surface area (Å²) >= 11 is 0. The third-order valence-electron chi connectivity index (χ3n) is 6.31. The van der Waals surface area contributed by atoms with Crippen LogP contribution in [0.5, 0.6) is 0 Å². The number of sulfonamides is 1. The number of carbonyl (C=O) groups is 2. The molecule has 10 heteroatoms. The maximum absolute atomic E-state index is 13.5. The Morgan fingerprint density at radius 3 is 2.28 bits per heavy atom. The second kappa shape index (κ2) is 13.0. The normalized spacial score (nSPS) is 19.2. The van der Waals surface area contributed by atoms with Gasteiger partial charge < -0.3 is 21.1 Å². The number of nitrogens with one attached hydrogen (secondary N) is 3. The number of aliphatic hydroxyl groups is 1. The Morgan fingerprint density at radius 2 is 1.78 bits per heavy atom. The van der Waals surface area contributed by atoms with Crippen molar-refractivity contribution < 1.29 is 23.1 Å². The molecule has 1 heterocycles. The van der Waals surface area contributed by atoms with Gasteiger partial charge in [-0.05, 0) is 42.7 Å². The Bertz CT molecular complexity index is 956. The average Bonchev–Trinajstić information content (AvgIpc) is 3.30. The predicted octanol–water partition coefficient (Wildman–Crippen LogP) is 1.28. The number of amides is 2. The lowest BCUT2D eigenvalue weighted by atomic mass is 9.85. The number of carbonyl (C=O) groups excluding carboxylic acids is 2. The second-order valence-corrected chi connectivity index (χ2v) is 13.3. The van der Waals surface area contributed by atoms with Crippen molar-refractivity contribution in [3.05, 3.63) is 35.9 Å². The summed E-state index contributed by atoms with van der Waals surface area (Å²) in [5.74, 6) is -0.565. The minimum atomic E-state index is -3.56. The second-order valence-electron chi connectivity index (χ2n) is 11.3. The van der Waals surface area contributed by atoms with Crippen molar-refractivity contribution in [1.29, 1.82) is 0 Å². The van der Waals surface area contributed by atoms with E-state index >= 15 is 0 Å². The molecule has 1 fully saturated rings. The fourth-order valence-corrected chi connectivity index (χ4v) is 5.32. The molecule has 1 saturated heterocycles. The van der Waals surface area contributed by atoms with Crippen LogP contribution in [0.4, 0.5) is 0 Å². The molecule has 9 nitrogen and oxygen atoms in total. The molecule has 36 heavy (non-hydrogen) atoms. The van der Waals surface area contributed by atoms with Gasteiger partial charge in [-0.3, -0.25) is 9.59 Å². The standard InChI is InChI=1S/C26H44N4O5S/c1-18(2)16-30(36(6,34)35)17-22(31)21(15-19-11-8-7-9-12-19)28-25(33)23(26(3,4)5)29-24(32)20-13-10-14-27-20/h7-9,11-12,18,20-23,27,31H,10,13-17H2,1-6H3,(H,28,33)(H,29,32). The highest BCUT2D eigenvalue weighted by atomic mass is 32.2. The molecule has 0 saturated carbocycles. The summed E-state index contributed by atoms with van der Waals surface area (Å²) in [6.07, 6.45) is 1.90. The quantitative estimate of drug-likeness (QED) is 0.326. The molecule has 204 valence electrons. The first-order valence-corrected chi connectivity index (χ1v) is 14.5. The van der Waals surface area contributed by atoms with Crippen LogP contribution in [0.3, 0.4) is 0 Å². The molecule has 0 bridgehead atoms. The first-order chi connectivity index (χ1) is 16.7. The zero-order chi connectivity index (χ0) is 27.1. The fraction of sp³-hybridized carbons (Fsp3) is 0.692. The summed E-state index contributed by atoms with van der Waals surface area (Å²) in [7, 11) is -3.56. The minimum absolute atomic E-state index is 0.0683. The zero-order valence-corrected chi connectivity index (χ0v) is 23.3. The van der Waals surface area contributed by atoms with Gasteiger partial charge in [0.05, 0.1) is 24.4 Å². The molecule has 4 unspecified atom stereocenters. The Labute approximate surface area is 216 Å². The van der Waals surface area contributed by atoms with Crippen molar-refractivity contribution in [2.24, 2.45) is 11.3 Å². The van der Waals surface area contributed by atoms with Gasteiger partial charge in [0.15, 0.2) is 0 Å². The van der Waals surface area contributed by atoms with Crippen LogP contribution in [0, 0.1) is 11.3 Å². The molecule has 0 spiro atoms. The van der Waals surface area contributed by atoms with E-state index in [4.69, 9.17) is 0 Å². The third-order valence-corrected chi connectivity index (χ3v) is 7.55. The van der Waals surface area contributed by atoms with E-state index < -0.39 is 39.5 Å². The van der Waals surface area contributed by atoms with Crippen LogP contribution >= 0.6 is 0 Å². The van der Waals surface area contributed by atoms with Crippen LogP contribution in [0.15, 0.2) is 30.3 Å². The van der Waals surface area contributed by atoms with Gasteiger partial charge in [0.2, 0.25) is 21.8 Å². The average molecular weight is 525 g/mol. The molecule has 4 N–H and O–H groups in total. The van der Waals surface area contributed by atoms with Gasteiger partial charge in [-0.1, -0.05) is 65.0 Å². The smallest absolute Gasteiger partial charge is 0.243 e. The Hall–Kier alpha value is -2.01. The summed E-state index contributed by atoms with van der Waals surface area (Å²) in [6.45, 7) is 10.3. The number of aliphatic hydroxyl groups excluding tert-OH is 1. The monoisotopic (exact) mass is 524 g/mol. The molecule has 2 amide bonds. The molecule has 1 aromatic carbocycles. The highest BCUT2D eigenvalue weighted by Gasteiger charge is 2.37. The van der Waals surface area contributed by atoms with E-state index in [1.807, 2.05) is 65.0 Å². The van der Waals surface area contributed by atoms with Crippen LogP contribution in [0.2, 0.25) is 0 Å². The number of rotatable bonds is 12. The predicted molar refractivity (Wildman–Crippen MR) is 142 cm³/mol. The molecule has 0 aliphatic carbocycles.